The topological polar surface area (TPSA) is 55.1 Å². The number of hydrogen-bond acceptors (Lipinski definition) is 2. The van der Waals surface area contributed by atoms with E-state index in [9.17, 15) is 4.79 Å². The zero-order valence-corrected chi connectivity index (χ0v) is 6.82. The third kappa shape index (κ3) is 0.995. The molecular weight excluding hydrogens is 156 g/mol. The summed E-state index contributed by atoms with van der Waals surface area (Å²) in [7, 11) is 0. The average Bonchev–Trinajstić information content (AvgIpc) is 2.61. The molecule has 0 spiro atoms. The third-order valence-corrected chi connectivity index (χ3v) is 2.36. The Balaban J connectivity index is 2.30. The van der Waals surface area contributed by atoms with E-state index in [0.717, 1.165) is 12.8 Å². The Morgan fingerprint density at radius 2 is 2.42 bits per heavy atom. The van der Waals surface area contributed by atoms with Crippen molar-refractivity contribution in [1.82, 2.24) is 9.78 Å². The van der Waals surface area contributed by atoms with E-state index in [1.807, 2.05) is 0 Å². The molecule has 0 atom stereocenters. The van der Waals surface area contributed by atoms with E-state index in [-0.39, 0.29) is 11.1 Å². The van der Waals surface area contributed by atoms with Gasteiger partial charge in [0.25, 0.3) is 0 Å². The molecule has 0 radical (unpaired) electrons. The van der Waals surface area contributed by atoms with Crippen LogP contribution in [0.15, 0.2) is 12.4 Å². The number of rotatable bonds is 2. The highest BCUT2D eigenvalue weighted by Crippen LogP contribution is 2.42. The van der Waals surface area contributed by atoms with Gasteiger partial charge in [0.05, 0.1) is 17.3 Å². The van der Waals surface area contributed by atoms with Crippen molar-refractivity contribution in [2.24, 2.45) is 0 Å². The lowest BCUT2D eigenvalue weighted by molar-refractivity contribution is 0.0696. The molecule has 12 heavy (non-hydrogen) atoms. The highest BCUT2D eigenvalue weighted by atomic mass is 16.4. The second-order valence-corrected chi connectivity index (χ2v) is 3.48. The molecule has 1 heterocycles. The highest BCUT2D eigenvalue weighted by Gasteiger charge is 2.40. The quantitative estimate of drug-likeness (QED) is 0.715. The Morgan fingerprint density at radius 3 is 2.83 bits per heavy atom. The number of carboxylic acid groups (broad SMARTS) is 1. The van der Waals surface area contributed by atoms with Crippen molar-refractivity contribution < 1.29 is 9.90 Å². The molecule has 0 saturated heterocycles. The molecular formula is C8H10N2O2. The predicted molar refractivity (Wildman–Crippen MR) is 42.1 cm³/mol. The van der Waals surface area contributed by atoms with Gasteiger partial charge in [0, 0.05) is 6.20 Å². The second kappa shape index (κ2) is 2.09. The molecule has 64 valence electrons. The summed E-state index contributed by atoms with van der Waals surface area (Å²) in [4.78, 5) is 10.5. The van der Waals surface area contributed by atoms with Gasteiger partial charge in [0.2, 0.25) is 0 Å². The lowest BCUT2D eigenvalue weighted by Gasteiger charge is -2.06. The summed E-state index contributed by atoms with van der Waals surface area (Å²) in [6, 6.07) is 0. The van der Waals surface area contributed by atoms with Crippen LogP contribution in [0.1, 0.15) is 30.1 Å². The van der Waals surface area contributed by atoms with Crippen molar-refractivity contribution in [2.45, 2.75) is 25.3 Å². The van der Waals surface area contributed by atoms with Crippen molar-refractivity contribution in [2.75, 3.05) is 0 Å². The van der Waals surface area contributed by atoms with Crippen LogP contribution in [0.4, 0.5) is 0 Å². The van der Waals surface area contributed by atoms with Crippen molar-refractivity contribution in [3.8, 4) is 0 Å². The number of carboxylic acids is 1. The number of carbonyl (C=O) groups is 1. The fourth-order valence-electron chi connectivity index (χ4n) is 1.14. The third-order valence-electron chi connectivity index (χ3n) is 2.36. The van der Waals surface area contributed by atoms with E-state index in [1.165, 1.54) is 6.20 Å². The Kier molecular flexibility index (Phi) is 1.28. The minimum Gasteiger partial charge on any atom is -0.478 e. The maximum Gasteiger partial charge on any atom is 0.338 e. The minimum atomic E-state index is -0.912. The van der Waals surface area contributed by atoms with Gasteiger partial charge in [-0.15, -0.1) is 0 Å². The minimum absolute atomic E-state index is 0.0910. The molecule has 0 unspecified atom stereocenters. The van der Waals surface area contributed by atoms with Gasteiger partial charge in [-0.2, -0.15) is 5.10 Å². The second-order valence-electron chi connectivity index (χ2n) is 3.48. The van der Waals surface area contributed by atoms with Crippen LogP contribution in [0, 0.1) is 0 Å². The fourth-order valence-corrected chi connectivity index (χ4v) is 1.14. The average molecular weight is 166 g/mol. The lowest BCUT2D eigenvalue weighted by Crippen LogP contribution is -2.12. The molecule has 0 bridgehead atoms. The van der Waals surface area contributed by atoms with Crippen LogP contribution in [-0.4, -0.2) is 20.9 Å². The Labute approximate surface area is 69.8 Å². The van der Waals surface area contributed by atoms with Gasteiger partial charge in [0.15, 0.2) is 0 Å². The van der Waals surface area contributed by atoms with Crippen LogP contribution in [-0.2, 0) is 5.54 Å². The largest absolute Gasteiger partial charge is 0.478 e. The van der Waals surface area contributed by atoms with Gasteiger partial charge in [-0.3, -0.25) is 4.68 Å². The predicted octanol–water partition coefficient (Wildman–Crippen LogP) is 1.09. The first kappa shape index (κ1) is 7.34. The Hall–Kier alpha value is -1.32. The van der Waals surface area contributed by atoms with Crippen LogP contribution in [0.3, 0.4) is 0 Å². The maximum absolute atomic E-state index is 10.5. The first-order chi connectivity index (χ1) is 5.62. The molecule has 1 fully saturated rings. The van der Waals surface area contributed by atoms with Gasteiger partial charge >= 0.3 is 5.97 Å². The molecule has 0 aromatic carbocycles. The van der Waals surface area contributed by atoms with E-state index in [1.54, 1.807) is 10.9 Å². The summed E-state index contributed by atoms with van der Waals surface area (Å²) < 4.78 is 1.75. The van der Waals surface area contributed by atoms with Crippen molar-refractivity contribution >= 4 is 5.97 Å². The zero-order valence-electron chi connectivity index (χ0n) is 6.82. The number of aromatic carboxylic acids is 1. The van der Waals surface area contributed by atoms with Gasteiger partial charge in [-0.05, 0) is 19.8 Å². The van der Waals surface area contributed by atoms with Crippen LogP contribution >= 0.6 is 0 Å². The monoisotopic (exact) mass is 166 g/mol. The number of hydrogen-bond donors (Lipinski definition) is 1. The normalized spacial score (nSPS) is 19.1. The molecule has 1 N–H and O–H groups in total. The SMILES string of the molecule is CC1(n2cc(C(=O)O)cn2)CC1. The molecule has 2 rings (SSSR count). The highest BCUT2D eigenvalue weighted by molar-refractivity contribution is 5.86. The van der Waals surface area contributed by atoms with Crippen LogP contribution in [0.2, 0.25) is 0 Å². The van der Waals surface area contributed by atoms with Gasteiger partial charge < -0.3 is 5.11 Å². The summed E-state index contributed by atoms with van der Waals surface area (Å²) in [5.41, 5.74) is 0.358. The summed E-state index contributed by atoms with van der Waals surface area (Å²) >= 11 is 0. The Bertz CT molecular complexity index is 326. The Morgan fingerprint density at radius 1 is 1.75 bits per heavy atom. The zero-order chi connectivity index (χ0) is 8.77. The molecule has 0 amide bonds. The first-order valence-corrected chi connectivity index (χ1v) is 3.90. The van der Waals surface area contributed by atoms with Crippen molar-refractivity contribution in [3.05, 3.63) is 18.0 Å². The summed E-state index contributed by atoms with van der Waals surface area (Å²) in [5.74, 6) is -0.912. The van der Waals surface area contributed by atoms with Crippen molar-refractivity contribution in [3.63, 3.8) is 0 Å². The maximum atomic E-state index is 10.5. The van der Waals surface area contributed by atoms with Gasteiger partial charge in [0.1, 0.15) is 0 Å². The summed E-state index contributed by atoms with van der Waals surface area (Å²) in [5, 5.41) is 12.6. The van der Waals surface area contributed by atoms with E-state index < -0.39 is 5.97 Å². The van der Waals surface area contributed by atoms with E-state index in [4.69, 9.17) is 5.11 Å². The van der Waals surface area contributed by atoms with E-state index in [2.05, 4.69) is 12.0 Å². The van der Waals surface area contributed by atoms with Crippen molar-refractivity contribution in [1.29, 1.82) is 0 Å². The summed E-state index contributed by atoms with van der Waals surface area (Å²) in [6.45, 7) is 2.08. The van der Waals surface area contributed by atoms with E-state index in [0.29, 0.717) is 0 Å². The number of aromatic nitrogens is 2. The molecule has 1 aromatic rings. The molecule has 1 aliphatic rings. The molecule has 1 aromatic heterocycles. The number of nitrogens with zero attached hydrogens (tertiary/aromatic N) is 2. The standard InChI is InChI=1S/C8H10N2O2/c1-8(2-3-8)10-5-6(4-9-10)7(11)12/h4-5H,2-3H2,1H3,(H,11,12). The molecule has 1 aliphatic carbocycles. The molecule has 0 aliphatic heterocycles. The van der Waals surface area contributed by atoms with Crippen LogP contribution < -0.4 is 0 Å². The smallest absolute Gasteiger partial charge is 0.338 e. The first-order valence-electron chi connectivity index (χ1n) is 3.90. The van der Waals surface area contributed by atoms with Gasteiger partial charge in [-0.1, -0.05) is 0 Å². The molecule has 4 heteroatoms. The summed E-state index contributed by atoms with van der Waals surface area (Å²) in [6.07, 6.45) is 5.17. The fraction of sp³-hybridized carbons (Fsp3) is 0.500. The molecule has 4 nitrogen and oxygen atoms in total. The lowest BCUT2D eigenvalue weighted by atomic mass is 10.3. The van der Waals surface area contributed by atoms with Crippen LogP contribution in [0.25, 0.3) is 0 Å². The van der Waals surface area contributed by atoms with Crippen LogP contribution in [0.5, 0.6) is 0 Å². The van der Waals surface area contributed by atoms with E-state index >= 15 is 0 Å². The molecule has 1 saturated carbocycles. The van der Waals surface area contributed by atoms with Gasteiger partial charge in [-0.25, -0.2) is 4.79 Å².